The van der Waals surface area contributed by atoms with E-state index in [1.165, 1.54) is 5.56 Å². The van der Waals surface area contributed by atoms with E-state index in [4.69, 9.17) is 0 Å². The molecule has 1 aromatic heterocycles. The molecule has 0 bridgehead atoms. The smallest absolute Gasteiger partial charge is 0.257 e. The van der Waals surface area contributed by atoms with E-state index in [1.54, 1.807) is 11.1 Å². The molecule has 1 amide bonds. The van der Waals surface area contributed by atoms with Gasteiger partial charge in [0.1, 0.15) is 0 Å². The second-order valence-corrected chi connectivity index (χ2v) is 7.31. The number of hydrogen-bond acceptors (Lipinski definition) is 6. The number of amides is 1. The van der Waals surface area contributed by atoms with E-state index in [0.29, 0.717) is 17.2 Å². The summed E-state index contributed by atoms with van der Waals surface area (Å²) in [6, 6.07) is 10.8. The van der Waals surface area contributed by atoms with Crippen LogP contribution in [0.3, 0.4) is 0 Å². The average Bonchev–Trinajstić information content (AvgIpc) is 3.17. The van der Waals surface area contributed by atoms with Crippen molar-refractivity contribution in [1.29, 1.82) is 0 Å². The fraction of sp³-hybridized carbons (Fsp3) is 0.450. The summed E-state index contributed by atoms with van der Waals surface area (Å²) in [7, 11) is 5.60. The van der Waals surface area contributed by atoms with Crippen LogP contribution in [0.25, 0.3) is 0 Å². The molecule has 7 heteroatoms. The Morgan fingerprint density at radius 1 is 1.19 bits per heavy atom. The number of nitrogens with one attached hydrogen (secondary N) is 2. The molecule has 3 atom stereocenters. The molecule has 0 saturated carbocycles. The highest BCUT2D eigenvalue weighted by atomic mass is 16.2. The first-order valence-electron chi connectivity index (χ1n) is 9.22. The lowest BCUT2D eigenvalue weighted by molar-refractivity contribution is 0.0713. The minimum absolute atomic E-state index is 0.0200. The summed E-state index contributed by atoms with van der Waals surface area (Å²) in [5.74, 6) is 0.544. The van der Waals surface area contributed by atoms with Crippen LogP contribution >= 0.6 is 0 Å². The first kappa shape index (κ1) is 19.3. The van der Waals surface area contributed by atoms with E-state index in [1.807, 2.05) is 51.2 Å². The molecular weight excluding hydrogens is 340 g/mol. The summed E-state index contributed by atoms with van der Waals surface area (Å²) in [4.78, 5) is 25.3. The highest BCUT2D eigenvalue weighted by molar-refractivity contribution is 5.95. The van der Waals surface area contributed by atoms with Crippen LogP contribution in [0.4, 0.5) is 5.95 Å². The summed E-state index contributed by atoms with van der Waals surface area (Å²) in [6.07, 6.45) is 2.54. The third kappa shape index (κ3) is 4.09. The van der Waals surface area contributed by atoms with Gasteiger partial charge in [-0.2, -0.15) is 0 Å². The fourth-order valence-corrected chi connectivity index (χ4v) is 3.33. The molecular formula is C20H28N6O. The zero-order valence-electron chi connectivity index (χ0n) is 16.6. The topological polar surface area (TPSA) is 73.4 Å². The van der Waals surface area contributed by atoms with Crippen LogP contribution in [0.2, 0.25) is 0 Å². The summed E-state index contributed by atoms with van der Waals surface area (Å²) in [6.45, 7) is 3.91. The van der Waals surface area contributed by atoms with Gasteiger partial charge in [0.2, 0.25) is 5.95 Å². The number of hydrazine groups is 1. The molecule has 1 aliphatic heterocycles. The number of benzene rings is 1. The number of anilines is 1. The lowest BCUT2D eigenvalue weighted by Crippen LogP contribution is -2.48. The fourth-order valence-electron chi connectivity index (χ4n) is 3.33. The van der Waals surface area contributed by atoms with Crippen LogP contribution in [0.5, 0.6) is 0 Å². The van der Waals surface area contributed by atoms with Crippen molar-refractivity contribution in [3.63, 3.8) is 0 Å². The molecule has 144 valence electrons. The summed E-state index contributed by atoms with van der Waals surface area (Å²) < 4.78 is 0. The molecule has 27 heavy (non-hydrogen) atoms. The summed E-state index contributed by atoms with van der Waals surface area (Å²) in [5, 5.41) is 0. The van der Waals surface area contributed by atoms with Gasteiger partial charge in [0, 0.05) is 45.5 Å². The molecule has 0 aliphatic carbocycles. The second kappa shape index (κ2) is 8.02. The largest absolute Gasteiger partial charge is 0.347 e. The Bertz CT molecular complexity index is 794. The maximum atomic E-state index is 13.0. The Labute approximate surface area is 160 Å². The number of likely N-dealkylation sites (N-methyl/N-ethyl adjacent to an activating group) is 1. The number of aromatic nitrogens is 2. The molecule has 3 rings (SSSR count). The van der Waals surface area contributed by atoms with Gasteiger partial charge in [-0.05, 0) is 25.8 Å². The molecule has 0 spiro atoms. The van der Waals surface area contributed by atoms with Crippen LogP contribution < -0.4 is 15.8 Å². The maximum absolute atomic E-state index is 13.0. The Morgan fingerprint density at radius 2 is 1.89 bits per heavy atom. The second-order valence-electron chi connectivity index (χ2n) is 7.31. The molecule has 2 aromatic rings. The number of aryl methyl sites for hydroxylation is 1. The lowest BCUT2D eigenvalue weighted by Gasteiger charge is -2.30. The highest BCUT2D eigenvalue weighted by Gasteiger charge is 2.33. The van der Waals surface area contributed by atoms with E-state index in [0.717, 1.165) is 6.42 Å². The summed E-state index contributed by atoms with van der Waals surface area (Å²) in [5.41, 5.74) is 9.18. The molecule has 1 aromatic carbocycles. The molecule has 0 radical (unpaired) electrons. The van der Waals surface area contributed by atoms with E-state index in [9.17, 15) is 4.79 Å². The minimum Gasteiger partial charge on any atom is -0.347 e. The third-order valence-corrected chi connectivity index (χ3v) is 5.25. The van der Waals surface area contributed by atoms with Crippen LogP contribution in [0, 0.1) is 6.92 Å². The van der Waals surface area contributed by atoms with E-state index in [2.05, 4.69) is 39.9 Å². The number of rotatable bonds is 5. The normalized spacial score (nSPS) is 20.3. The number of carbonyl (C=O) groups is 1. The van der Waals surface area contributed by atoms with Crippen LogP contribution in [-0.4, -0.2) is 54.0 Å². The lowest BCUT2D eigenvalue weighted by atomic mass is 9.98. The first-order valence-corrected chi connectivity index (χ1v) is 9.22. The van der Waals surface area contributed by atoms with Gasteiger partial charge < -0.3 is 9.80 Å². The predicted octanol–water partition coefficient (Wildman–Crippen LogP) is 1.92. The van der Waals surface area contributed by atoms with Crippen molar-refractivity contribution in [3.8, 4) is 0 Å². The molecule has 1 fully saturated rings. The minimum atomic E-state index is -0.0599. The van der Waals surface area contributed by atoms with Crippen LogP contribution in [0.15, 0.2) is 36.5 Å². The van der Waals surface area contributed by atoms with E-state index in [-0.39, 0.29) is 24.0 Å². The SMILES string of the molecule is Cc1nc(N(C)C)ncc1C(=O)N(C)C(C)C1CC(c2ccccc2)NN1. The maximum Gasteiger partial charge on any atom is 0.257 e. The van der Waals surface area contributed by atoms with Crippen LogP contribution in [-0.2, 0) is 0 Å². The Balaban J connectivity index is 1.68. The van der Waals surface area contributed by atoms with Crippen molar-refractivity contribution < 1.29 is 4.79 Å². The number of nitrogens with zero attached hydrogens (tertiary/aromatic N) is 4. The Hall–Kier alpha value is -2.51. The third-order valence-electron chi connectivity index (χ3n) is 5.25. The van der Waals surface area contributed by atoms with E-state index < -0.39 is 0 Å². The van der Waals surface area contributed by atoms with Crippen molar-refractivity contribution in [2.45, 2.75) is 38.4 Å². The van der Waals surface area contributed by atoms with Crippen molar-refractivity contribution in [3.05, 3.63) is 53.3 Å². The Kier molecular flexibility index (Phi) is 5.72. The number of hydrogen-bond donors (Lipinski definition) is 2. The van der Waals surface area contributed by atoms with E-state index >= 15 is 0 Å². The Morgan fingerprint density at radius 3 is 2.52 bits per heavy atom. The van der Waals surface area contributed by atoms with Gasteiger partial charge in [0.15, 0.2) is 0 Å². The molecule has 1 aliphatic rings. The van der Waals surface area contributed by atoms with Crippen molar-refractivity contribution in [2.75, 3.05) is 26.0 Å². The molecule has 2 heterocycles. The predicted molar refractivity (Wildman–Crippen MR) is 107 cm³/mol. The van der Waals surface area contributed by atoms with Gasteiger partial charge in [0.25, 0.3) is 5.91 Å². The highest BCUT2D eigenvalue weighted by Crippen LogP contribution is 2.25. The van der Waals surface area contributed by atoms with Gasteiger partial charge in [-0.1, -0.05) is 30.3 Å². The van der Waals surface area contributed by atoms with Crippen LogP contribution in [0.1, 0.15) is 41.0 Å². The molecule has 7 nitrogen and oxygen atoms in total. The zero-order chi connectivity index (χ0) is 19.6. The molecule has 1 saturated heterocycles. The molecule has 3 unspecified atom stereocenters. The standard InChI is InChI=1S/C20H28N6O/c1-13-16(12-21-20(22-13)25(3)4)19(27)26(5)14(2)17-11-18(24-23-17)15-9-7-6-8-10-15/h6-10,12,14,17-18,23-24H,11H2,1-5H3. The van der Waals surface area contributed by atoms with Gasteiger partial charge in [-0.15, -0.1) is 0 Å². The van der Waals surface area contributed by atoms with Gasteiger partial charge in [-0.25, -0.2) is 15.4 Å². The zero-order valence-corrected chi connectivity index (χ0v) is 16.6. The monoisotopic (exact) mass is 368 g/mol. The average molecular weight is 368 g/mol. The van der Waals surface area contributed by atoms with Crippen molar-refractivity contribution in [1.82, 2.24) is 25.7 Å². The van der Waals surface area contributed by atoms with Crippen molar-refractivity contribution >= 4 is 11.9 Å². The van der Waals surface area contributed by atoms with Gasteiger partial charge >= 0.3 is 0 Å². The summed E-state index contributed by atoms with van der Waals surface area (Å²) >= 11 is 0. The van der Waals surface area contributed by atoms with Gasteiger partial charge in [-0.3, -0.25) is 10.2 Å². The number of carbonyl (C=O) groups excluding carboxylic acids is 1. The first-order chi connectivity index (χ1) is 12.9. The quantitative estimate of drug-likeness (QED) is 0.840. The van der Waals surface area contributed by atoms with Crippen molar-refractivity contribution in [2.24, 2.45) is 0 Å². The van der Waals surface area contributed by atoms with Gasteiger partial charge in [0.05, 0.1) is 11.3 Å². The molecule has 2 N–H and O–H groups in total.